The molecule has 154 valence electrons. The molecule has 0 spiro atoms. The van der Waals surface area contributed by atoms with Crippen LogP contribution in [-0.2, 0) is 10.5 Å². The minimum Gasteiger partial charge on any atom is -0.497 e. The number of hydrogen-bond donors (Lipinski definition) is 3. The number of carbonyl (C=O) groups is 2. The monoisotopic (exact) mass is 462 g/mol. The molecule has 2 aromatic carbocycles. The van der Waals surface area contributed by atoms with E-state index in [9.17, 15) is 14.7 Å². The molecule has 0 fully saturated rings. The number of fused-ring (bicyclic) bond motifs is 1. The Morgan fingerprint density at radius 2 is 2.07 bits per heavy atom. The number of urea groups is 1. The van der Waals surface area contributed by atoms with Crippen LogP contribution >= 0.6 is 15.9 Å². The highest BCUT2D eigenvalue weighted by atomic mass is 79.9. The molecule has 3 amide bonds. The molecule has 2 aromatic rings. The van der Waals surface area contributed by atoms with Crippen LogP contribution in [0.2, 0.25) is 0 Å². The molecule has 1 atom stereocenters. The van der Waals surface area contributed by atoms with Gasteiger partial charge in [0.2, 0.25) is 0 Å². The van der Waals surface area contributed by atoms with E-state index in [1.165, 1.54) is 7.11 Å². The van der Waals surface area contributed by atoms with Gasteiger partial charge in [-0.15, -0.1) is 0 Å². The Bertz CT molecular complexity index is 936. The summed E-state index contributed by atoms with van der Waals surface area (Å²) in [6, 6.07) is 11.0. The first-order chi connectivity index (χ1) is 13.8. The molecule has 8 nitrogen and oxygen atoms in total. The topological polar surface area (TPSA) is 94.1 Å². The molecule has 0 unspecified atom stereocenters. The first kappa shape index (κ1) is 21.1. The lowest BCUT2D eigenvalue weighted by Crippen LogP contribution is -2.63. The lowest BCUT2D eigenvalue weighted by atomic mass is 9.94. The average Bonchev–Trinajstić information content (AvgIpc) is 2.68. The number of rotatable bonds is 6. The second kappa shape index (κ2) is 8.40. The molecule has 0 saturated carbocycles. The number of benzene rings is 2. The number of carbonyl (C=O) groups excluding carboxylic acids is 2. The fourth-order valence-electron chi connectivity index (χ4n) is 3.15. The van der Waals surface area contributed by atoms with Crippen LogP contribution in [0.1, 0.15) is 5.56 Å². The Hall–Kier alpha value is -2.62. The van der Waals surface area contributed by atoms with Gasteiger partial charge in [-0.1, -0.05) is 22.0 Å². The minimum absolute atomic E-state index is 0.261. The first-order valence-electron chi connectivity index (χ1n) is 8.98. The van der Waals surface area contributed by atoms with Crippen molar-refractivity contribution in [2.24, 2.45) is 0 Å². The molecule has 0 aromatic heterocycles. The van der Waals surface area contributed by atoms with Crippen LogP contribution in [0.5, 0.6) is 5.75 Å². The zero-order valence-corrected chi connectivity index (χ0v) is 18.0. The number of methoxy groups -OCH3 is 1. The number of nitrogens with one attached hydrogen (secondary N) is 2. The summed E-state index contributed by atoms with van der Waals surface area (Å²) in [5.74, 6) is -0.206. The molecular formula is C20H23BrN4O4. The summed E-state index contributed by atoms with van der Waals surface area (Å²) in [6.45, 7) is 0.892. The molecule has 1 aliphatic rings. The van der Waals surface area contributed by atoms with Crippen molar-refractivity contribution in [1.29, 1.82) is 0 Å². The number of ether oxygens (including phenoxy) is 1. The van der Waals surface area contributed by atoms with E-state index in [0.29, 0.717) is 34.7 Å². The van der Waals surface area contributed by atoms with Gasteiger partial charge in [0.15, 0.2) is 0 Å². The number of hydrogen-bond acceptors (Lipinski definition) is 5. The van der Waals surface area contributed by atoms with Crippen LogP contribution in [-0.4, -0.2) is 56.2 Å². The third-order valence-corrected chi connectivity index (χ3v) is 5.09. The van der Waals surface area contributed by atoms with Crippen LogP contribution in [0.3, 0.4) is 0 Å². The van der Waals surface area contributed by atoms with E-state index in [4.69, 9.17) is 4.74 Å². The van der Waals surface area contributed by atoms with E-state index < -0.39 is 17.7 Å². The number of halogens is 1. The van der Waals surface area contributed by atoms with Gasteiger partial charge in [0.1, 0.15) is 5.75 Å². The van der Waals surface area contributed by atoms with Crippen molar-refractivity contribution in [3.8, 4) is 5.75 Å². The SMILES string of the molecule is COc1cccc(N2C(=O)Nc3ccc(Br)cc3[C@@]2(O)C(=O)NCCN(C)C)c1. The van der Waals surface area contributed by atoms with E-state index >= 15 is 0 Å². The predicted octanol–water partition coefficient (Wildman–Crippen LogP) is 2.33. The molecule has 3 rings (SSSR count). The second-order valence-corrected chi connectivity index (χ2v) is 7.80. The quantitative estimate of drug-likeness (QED) is 0.612. The van der Waals surface area contributed by atoms with E-state index in [0.717, 1.165) is 4.90 Å². The lowest BCUT2D eigenvalue weighted by Gasteiger charge is -2.42. The molecule has 9 heteroatoms. The van der Waals surface area contributed by atoms with Crippen LogP contribution in [0.25, 0.3) is 0 Å². The Morgan fingerprint density at radius 3 is 2.76 bits per heavy atom. The van der Waals surface area contributed by atoms with Gasteiger partial charge in [-0.05, 0) is 44.4 Å². The van der Waals surface area contributed by atoms with E-state index in [2.05, 4.69) is 26.6 Å². The maximum Gasteiger partial charge on any atom is 0.329 e. The molecule has 29 heavy (non-hydrogen) atoms. The Labute approximate surface area is 177 Å². The Morgan fingerprint density at radius 1 is 1.31 bits per heavy atom. The standard InChI is InChI=1S/C20H23BrN4O4/c1-24(2)10-9-22-18(26)20(28)16-11-13(21)7-8-17(16)23-19(27)25(20)14-5-4-6-15(12-14)29-3/h4-8,11-12,28H,9-10H2,1-3H3,(H,22,26)(H,23,27)/t20-/m1/s1. The number of nitrogens with zero attached hydrogens (tertiary/aromatic N) is 2. The fraction of sp³-hybridized carbons (Fsp3) is 0.300. The molecule has 3 N–H and O–H groups in total. The molecule has 0 aliphatic carbocycles. The van der Waals surface area contributed by atoms with Crippen molar-refractivity contribution in [2.45, 2.75) is 5.72 Å². The number of amides is 3. The van der Waals surface area contributed by atoms with Crippen LogP contribution in [0, 0.1) is 0 Å². The third-order valence-electron chi connectivity index (χ3n) is 4.60. The molecule has 0 saturated heterocycles. The average molecular weight is 463 g/mol. The van der Waals surface area contributed by atoms with Crippen molar-refractivity contribution < 1.29 is 19.4 Å². The molecule has 1 aliphatic heterocycles. The summed E-state index contributed by atoms with van der Waals surface area (Å²) in [4.78, 5) is 29.1. The summed E-state index contributed by atoms with van der Waals surface area (Å²) in [7, 11) is 5.26. The van der Waals surface area contributed by atoms with Gasteiger partial charge in [-0.25, -0.2) is 4.79 Å². The van der Waals surface area contributed by atoms with Crippen LogP contribution < -0.4 is 20.3 Å². The second-order valence-electron chi connectivity index (χ2n) is 6.89. The maximum absolute atomic E-state index is 13.2. The summed E-state index contributed by atoms with van der Waals surface area (Å²) in [5.41, 5.74) is -1.31. The summed E-state index contributed by atoms with van der Waals surface area (Å²) in [5, 5.41) is 17.2. The molecule has 0 bridgehead atoms. The van der Waals surface area contributed by atoms with Gasteiger partial charge in [0.05, 0.1) is 18.5 Å². The predicted molar refractivity (Wildman–Crippen MR) is 114 cm³/mol. The van der Waals surface area contributed by atoms with Crippen LogP contribution in [0.4, 0.5) is 16.2 Å². The van der Waals surface area contributed by atoms with Crippen molar-refractivity contribution in [3.05, 3.63) is 52.5 Å². The Balaban J connectivity index is 2.11. The first-order valence-corrected chi connectivity index (χ1v) is 9.77. The zero-order valence-electron chi connectivity index (χ0n) is 16.4. The van der Waals surface area contributed by atoms with Crippen molar-refractivity contribution >= 4 is 39.2 Å². The maximum atomic E-state index is 13.2. The molecule has 0 radical (unpaired) electrons. The van der Waals surface area contributed by atoms with Crippen molar-refractivity contribution in [2.75, 3.05) is 44.5 Å². The van der Waals surface area contributed by atoms with Crippen molar-refractivity contribution in [3.63, 3.8) is 0 Å². The van der Waals surface area contributed by atoms with E-state index in [1.807, 2.05) is 19.0 Å². The van der Waals surface area contributed by atoms with Crippen LogP contribution in [0.15, 0.2) is 46.9 Å². The van der Waals surface area contributed by atoms with Gasteiger partial charge < -0.3 is 25.4 Å². The minimum atomic E-state index is -2.25. The zero-order chi connectivity index (χ0) is 21.2. The van der Waals surface area contributed by atoms with Crippen molar-refractivity contribution in [1.82, 2.24) is 10.2 Å². The van der Waals surface area contributed by atoms with Gasteiger partial charge in [-0.3, -0.25) is 9.69 Å². The number of aliphatic hydroxyl groups is 1. The van der Waals surface area contributed by atoms with Gasteiger partial charge in [0.25, 0.3) is 11.6 Å². The van der Waals surface area contributed by atoms with E-state index in [-0.39, 0.29) is 5.56 Å². The van der Waals surface area contributed by atoms with Gasteiger partial charge >= 0.3 is 6.03 Å². The van der Waals surface area contributed by atoms with Gasteiger partial charge in [0, 0.05) is 29.2 Å². The molecular weight excluding hydrogens is 440 g/mol. The highest BCUT2D eigenvalue weighted by molar-refractivity contribution is 9.10. The molecule has 1 heterocycles. The number of likely N-dealkylation sites (N-methyl/N-ethyl adjacent to an activating group) is 1. The largest absolute Gasteiger partial charge is 0.497 e. The summed E-state index contributed by atoms with van der Waals surface area (Å²) >= 11 is 3.38. The Kier molecular flexibility index (Phi) is 6.11. The lowest BCUT2D eigenvalue weighted by molar-refractivity contribution is -0.140. The highest BCUT2D eigenvalue weighted by Gasteiger charge is 2.52. The summed E-state index contributed by atoms with van der Waals surface area (Å²) in [6.07, 6.45) is 0. The van der Waals surface area contributed by atoms with E-state index in [1.54, 1.807) is 42.5 Å². The number of anilines is 2. The summed E-state index contributed by atoms with van der Waals surface area (Å²) < 4.78 is 5.90. The highest BCUT2D eigenvalue weighted by Crippen LogP contribution is 2.41. The smallest absolute Gasteiger partial charge is 0.329 e. The fourth-order valence-corrected chi connectivity index (χ4v) is 3.51. The van der Waals surface area contributed by atoms with Gasteiger partial charge in [-0.2, -0.15) is 0 Å². The normalized spacial score (nSPS) is 18.3. The third kappa shape index (κ3) is 4.07.